The van der Waals surface area contributed by atoms with E-state index < -0.39 is 0 Å². The van der Waals surface area contributed by atoms with Crippen molar-refractivity contribution in [2.75, 3.05) is 36.8 Å². The molecular weight excluding hydrogens is 386 g/mol. The number of aromatic nitrogens is 1. The summed E-state index contributed by atoms with van der Waals surface area (Å²) in [5.41, 5.74) is 2.45. The summed E-state index contributed by atoms with van der Waals surface area (Å²) < 4.78 is 1.25. The Hall–Kier alpha value is -2.05. The third-order valence-corrected chi connectivity index (χ3v) is 7.15. The van der Waals surface area contributed by atoms with Gasteiger partial charge >= 0.3 is 0 Å². The minimum absolute atomic E-state index is 0.222. The molecule has 4 rings (SSSR count). The summed E-state index contributed by atoms with van der Waals surface area (Å²) in [4.78, 5) is 22.9. The van der Waals surface area contributed by atoms with Gasteiger partial charge < -0.3 is 9.80 Å². The molecule has 0 bridgehead atoms. The number of hydrogen-bond donors (Lipinski definition) is 0. The van der Waals surface area contributed by atoms with Gasteiger partial charge in [-0.05, 0) is 29.7 Å². The fraction of sp³-hybridized carbons (Fsp3) is 0.364. The van der Waals surface area contributed by atoms with Crippen LogP contribution in [-0.4, -0.2) is 47.7 Å². The minimum atomic E-state index is 0.222. The normalized spacial score (nSPS) is 14.8. The fourth-order valence-electron chi connectivity index (χ4n) is 3.46. The van der Waals surface area contributed by atoms with Gasteiger partial charge in [-0.2, -0.15) is 0 Å². The highest BCUT2D eigenvalue weighted by atomic mass is 32.2. The second kappa shape index (κ2) is 8.53. The minimum Gasteiger partial charge on any atom is -0.345 e. The fourth-order valence-corrected chi connectivity index (χ4v) is 5.33. The van der Waals surface area contributed by atoms with E-state index in [1.54, 1.807) is 23.1 Å². The molecule has 0 N–H and O–H groups in total. The Bertz CT molecular complexity index is 947. The molecule has 1 amide bonds. The van der Waals surface area contributed by atoms with E-state index in [2.05, 4.69) is 49.1 Å². The lowest BCUT2D eigenvalue weighted by Gasteiger charge is -2.34. The molecule has 1 aliphatic heterocycles. The number of amides is 1. The van der Waals surface area contributed by atoms with Crippen LogP contribution in [0.2, 0.25) is 0 Å². The van der Waals surface area contributed by atoms with Crippen LogP contribution in [0.5, 0.6) is 0 Å². The molecule has 1 aliphatic rings. The van der Waals surface area contributed by atoms with Gasteiger partial charge in [0, 0.05) is 31.1 Å². The maximum absolute atomic E-state index is 12.5. The molecule has 0 radical (unpaired) electrons. The van der Waals surface area contributed by atoms with Crippen molar-refractivity contribution in [3.8, 4) is 0 Å². The van der Waals surface area contributed by atoms with Crippen LogP contribution in [0.3, 0.4) is 0 Å². The number of carbonyl (C=O) groups is 1. The van der Waals surface area contributed by atoms with Crippen LogP contribution in [0, 0.1) is 0 Å². The summed E-state index contributed by atoms with van der Waals surface area (Å²) >= 11 is 3.37. The van der Waals surface area contributed by atoms with E-state index in [1.165, 1.54) is 10.3 Å². The molecule has 0 aliphatic carbocycles. The number of thioether (sulfide) groups is 1. The topological polar surface area (TPSA) is 36.4 Å². The average Bonchev–Trinajstić information content (AvgIpc) is 3.17. The van der Waals surface area contributed by atoms with E-state index in [9.17, 15) is 4.79 Å². The van der Waals surface area contributed by atoms with E-state index in [0.717, 1.165) is 41.7 Å². The van der Waals surface area contributed by atoms with Crippen LogP contribution >= 0.6 is 23.1 Å². The Morgan fingerprint density at radius 3 is 2.54 bits per heavy atom. The summed E-state index contributed by atoms with van der Waals surface area (Å²) in [6, 6.07) is 16.6. The number of nitrogens with zero attached hydrogens (tertiary/aromatic N) is 3. The molecule has 2 heterocycles. The van der Waals surface area contributed by atoms with Crippen LogP contribution in [0.15, 0.2) is 53.4 Å². The quantitative estimate of drug-likeness (QED) is 0.562. The lowest BCUT2D eigenvalue weighted by Crippen LogP contribution is -2.49. The maximum Gasteiger partial charge on any atom is 0.233 e. The van der Waals surface area contributed by atoms with Crippen LogP contribution in [-0.2, 0) is 4.79 Å². The number of carbonyl (C=O) groups excluding carboxylic acids is 1. The molecule has 0 atom stereocenters. The SMILES string of the molecule is CC(C)c1cccc2sc(N3CCN(C(=O)CSc4ccccc4)CC3)nc12. The number of piperazine rings is 1. The summed E-state index contributed by atoms with van der Waals surface area (Å²) in [6.07, 6.45) is 0. The van der Waals surface area contributed by atoms with Gasteiger partial charge in [0.2, 0.25) is 5.91 Å². The highest BCUT2D eigenvalue weighted by Crippen LogP contribution is 2.33. The molecule has 6 heteroatoms. The first-order chi connectivity index (χ1) is 13.6. The number of benzene rings is 2. The Morgan fingerprint density at radius 1 is 1.07 bits per heavy atom. The molecule has 28 heavy (non-hydrogen) atoms. The number of thiazole rings is 1. The first-order valence-electron chi connectivity index (χ1n) is 9.72. The monoisotopic (exact) mass is 411 g/mol. The van der Waals surface area contributed by atoms with Crippen molar-refractivity contribution in [3.63, 3.8) is 0 Å². The van der Waals surface area contributed by atoms with Crippen molar-refractivity contribution >= 4 is 44.4 Å². The number of rotatable bonds is 5. The molecule has 0 spiro atoms. The van der Waals surface area contributed by atoms with Crippen molar-refractivity contribution in [3.05, 3.63) is 54.1 Å². The third-order valence-electron chi connectivity index (χ3n) is 5.07. The third kappa shape index (κ3) is 4.18. The Morgan fingerprint density at radius 2 is 1.82 bits per heavy atom. The molecule has 0 saturated carbocycles. The molecule has 4 nitrogen and oxygen atoms in total. The molecule has 0 unspecified atom stereocenters. The molecule has 146 valence electrons. The first kappa shape index (κ1) is 19.3. The zero-order valence-electron chi connectivity index (χ0n) is 16.3. The molecule has 3 aromatic rings. The Kier molecular flexibility index (Phi) is 5.87. The lowest BCUT2D eigenvalue weighted by molar-refractivity contribution is -0.128. The number of anilines is 1. The van der Waals surface area contributed by atoms with Gasteiger partial charge in [0.1, 0.15) is 0 Å². The zero-order chi connectivity index (χ0) is 19.5. The van der Waals surface area contributed by atoms with E-state index in [-0.39, 0.29) is 5.91 Å². The summed E-state index contributed by atoms with van der Waals surface area (Å²) in [7, 11) is 0. The van der Waals surface area contributed by atoms with Gasteiger partial charge in [0.15, 0.2) is 5.13 Å². The molecular formula is C22H25N3OS2. The molecule has 1 aromatic heterocycles. The second-order valence-corrected chi connectivity index (χ2v) is 9.37. The number of fused-ring (bicyclic) bond motifs is 1. The smallest absolute Gasteiger partial charge is 0.233 e. The predicted octanol–water partition coefficient (Wildman–Crippen LogP) is 4.86. The highest BCUT2D eigenvalue weighted by Gasteiger charge is 2.23. The van der Waals surface area contributed by atoms with Gasteiger partial charge in [-0.3, -0.25) is 4.79 Å². The van der Waals surface area contributed by atoms with Gasteiger partial charge in [-0.25, -0.2) is 4.98 Å². The van der Waals surface area contributed by atoms with Crippen LogP contribution in [0.1, 0.15) is 25.3 Å². The van der Waals surface area contributed by atoms with Crippen LogP contribution in [0.25, 0.3) is 10.2 Å². The number of para-hydroxylation sites is 1. The van der Waals surface area contributed by atoms with Crippen molar-refractivity contribution < 1.29 is 4.79 Å². The van der Waals surface area contributed by atoms with Crippen molar-refractivity contribution in [1.82, 2.24) is 9.88 Å². The Labute approximate surface area is 174 Å². The summed E-state index contributed by atoms with van der Waals surface area (Å²) in [6.45, 7) is 7.65. The predicted molar refractivity (Wildman–Crippen MR) is 120 cm³/mol. The van der Waals surface area contributed by atoms with E-state index in [4.69, 9.17) is 4.98 Å². The van der Waals surface area contributed by atoms with Crippen molar-refractivity contribution in [1.29, 1.82) is 0 Å². The zero-order valence-corrected chi connectivity index (χ0v) is 17.9. The van der Waals surface area contributed by atoms with Gasteiger partial charge in [-0.1, -0.05) is 55.5 Å². The number of hydrogen-bond acceptors (Lipinski definition) is 5. The van der Waals surface area contributed by atoms with Gasteiger partial charge in [-0.15, -0.1) is 11.8 Å². The van der Waals surface area contributed by atoms with Gasteiger partial charge in [0.25, 0.3) is 0 Å². The molecule has 1 saturated heterocycles. The van der Waals surface area contributed by atoms with E-state index >= 15 is 0 Å². The van der Waals surface area contributed by atoms with Crippen molar-refractivity contribution in [2.45, 2.75) is 24.7 Å². The molecule has 1 fully saturated rings. The first-order valence-corrected chi connectivity index (χ1v) is 11.5. The maximum atomic E-state index is 12.5. The largest absolute Gasteiger partial charge is 0.345 e. The summed E-state index contributed by atoms with van der Waals surface area (Å²) in [5.74, 6) is 1.19. The van der Waals surface area contributed by atoms with Crippen LogP contribution < -0.4 is 4.90 Å². The summed E-state index contributed by atoms with van der Waals surface area (Å²) in [5, 5.41) is 1.08. The van der Waals surface area contributed by atoms with E-state index in [0.29, 0.717) is 11.7 Å². The molecule has 2 aromatic carbocycles. The second-order valence-electron chi connectivity index (χ2n) is 7.31. The highest BCUT2D eigenvalue weighted by molar-refractivity contribution is 8.00. The lowest BCUT2D eigenvalue weighted by atomic mass is 10.0. The van der Waals surface area contributed by atoms with Crippen molar-refractivity contribution in [2.24, 2.45) is 0 Å². The van der Waals surface area contributed by atoms with Gasteiger partial charge in [0.05, 0.1) is 16.0 Å². The average molecular weight is 412 g/mol. The Balaban J connectivity index is 1.37. The van der Waals surface area contributed by atoms with E-state index in [1.807, 2.05) is 23.1 Å². The van der Waals surface area contributed by atoms with Crippen LogP contribution in [0.4, 0.5) is 5.13 Å². The standard InChI is InChI=1S/C22H25N3OS2/c1-16(2)18-9-6-10-19-21(18)23-22(28-19)25-13-11-24(12-14-25)20(26)15-27-17-7-4-3-5-8-17/h3-10,16H,11-15H2,1-2H3.